The molecule has 8 heteroatoms. The van der Waals surface area contributed by atoms with Crippen molar-refractivity contribution in [2.24, 2.45) is 0 Å². The Bertz CT molecular complexity index is 938. The Labute approximate surface area is 131 Å². The third-order valence-corrected chi connectivity index (χ3v) is 3.70. The van der Waals surface area contributed by atoms with Crippen LogP contribution in [0.4, 0.5) is 0 Å². The van der Waals surface area contributed by atoms with E-state index in [9.17, 15) is 9.59 Å². The zero-order valence-electron chi connectivity index (χ0n) is 13.1. The fourth-order valence-electron chi connectivity index (χ4n) is 2.67. The molecule has 23 heavy (non-hydrogen) atoms. The summed E-state index contributed by atoms with van der Waals surface area (Å²) in [6.07, 6.45) is 6.10. The van der Waals surface area contributed by atoms with Crippen molar-refractivity contribution < 1.29 is 0 Å². The number of rotatable bonds is 5. The van der Waals surface area contributed by atoms with Crippen LogP contribution in [-0.4, -0.2) is 29.1 Å². The standard InChI is InChI=1S/C15H18N6O2/c1-3-5-21-14(22)12-13(19-15(21)23)20(4-2)11(18-12)6-10-7-16-9-17-8-10/h7-9H,3-6H2,1-2H3,(H,19,23). The quantitative estimate of drug-likeness (QED) is 0.747. The van der Waals surface area contributed by atoms with E-state index in [1.165, 1.54) is 10.9 Å². The monoisotopic (exact) mass is 314 g/mol. The first-order valence-corrected chi connectivity index (χ1v) is 7.61. The second kappa shape index (κ2) is 6.15. The van der Waals surface area contributed by atoms with Gasteiger partial charge in [0.05, 0.1) is 0 Å². The third-order valence-electron chi connectivity index (χ3n) is 3.70. The van der Waals surface area contributed by atoms with Crippen LogP contribution >= 0.6 is 0 Å². The van der Waals surface area contributed by atoms with E-state index in [1.807, 2.05) is 18.4 Å². The molecule has 0 aliphatic heterocycles. The molecule has 3 heterocycles. The van der Waals surface area contributed by atoms with Gasteiger partial charge >= 0.3 is 5.69 Å². The molecule has 0 bridgehead atoms. The molecule has 0 saturated carbocycles. The molecule has 0 aromatic carbocycles. The van der Waals surface area contributed by atoms with Crippen LogP contribution < -0.4 is 11.2 Å². The molecule has 8 nitrogen and oxygen atoms in total. The summed E-state index contributed by atoms with van der Waals surface area (Å²) < 4.78 is 3.05. The van der Waals surface area contributed by atoms with E-state index in [0.717, 1.165) is 5.56 Å². The van der Waals surface area contributed by atoms with Crippen LogP contribution in [-0.2, 0) is 19.5 Å². The second-order valence-electron chi connectivity index (χ2n) is 5.28. The van der Waals surface area contributed by atoms with Gasteiger partial charge in [-0.05, 0) is 18.9 Å². The summed E-state index contributed by atoms with van der Waals surface area (Å²) >= 11 is 0. The number of aromatic nitrogens is 6. The van der Waals surface area contributed by atoms with Gasteiger partial charge in [-0.25, -0.2) is 19.7 Å². The van der Waals surface area contributed by atoms with Crippen molar-refractivity contribution in [2.75, 3.05) is 0 Å². The summed E-state index contributed by atoms with van der Waals surface area (Å²) in [4.78, 5) is 39.9. The molecule has 0 spiro atoms. The zero-order chi connectivity index (χ0) is 16.4. The average Bonchev–Trinajstić information content (AvgIpc) is 2.89. The van der Waals surface area contributed by atoms with E-state index in [0.29, 0.717) is 42.9 Å². The van der Waals surface area contributed by atoms with Gasteiger partial charge in [0.1, 0.15) is 17.8 Å². The third kappa shape index (κ3) is 2.67. The Balaban J connectivity index is 2.18. The Morgan fingerprint density at radius 3 is 2.52 bits per heavy atom. The highest BCUT2D eigenvalue weighted by molar-refractivity contribution is 5.70. The molecule has 120 valence electrons. The molecular formula is C15H18N6O2. The Kier molecular flexibility index (Phi) is 4.05. The number of imidazole rings is 1. The molecule has 3 rings (SSSR count). The molecule has 3 aromatic heterocycles. The Morgan fingerprint density at radius 2 is 1.87 bits per heavy atom. The van der Waals surface area contributed by atoms with Gasteiger partial charge < -0.3 is 4.57 Å². The number of aryl methyl sites for hydroxylation is 1. The maximum atomic E-state index is 12.5. The minimum atomic E-state index is -0.395. The first-order chi connectivity index (χ1) is 11.2. The van der Waals surface area contributed by atoms with Crippen molar-refractivity contribution in [1.82, 2.24) is 29.1 Å². The van der Waals surface area contributed by atoms with Crippen molar-refractivity contribution in [1.29, 1.82) is 0 Å². The Hall–Kier alpha value is -2.77. The van der Waals surface area contributed by atoms with Crippen LogP contribution in [0.25, 0.3) is 11.2 Å². The lowest BCUT2D eigenvalue weighted by Crippen LogP contribution is -2.35. The molecule has 0 radical (unpaired) electrons. The van der Waals surface area contributed by atoms with E-state index in [1.54, 1.807) is 12.4 Å². The first kappa shape index (κ1) is 15.1. The van der Waals surface area contributed by atoms with Gasteiger partial charge in [-0.15, -0.1) is 0 Å². The number of nitrogens with one attached hydrogen (secondary N) is 1. The lowest BCUT2D eigenvalue weighted by molar-refractivity contribution is 0.619. The molecule has 0 fully saturated rings. The molecule has 3 aromatic rings. The molecule has 0 aliphatic rings. The fraction of sp³-hybridized carbons (Fsp3) is 0.400. The second-order valence-corrected chi connectivity index (χ2v) is 5.28. The van der Waals surface area contributed by atoms with Gasteiger partial charge in [-0.1, -0.05) is 6.92 Å². The van der Waals surface area contributed by atoms with Crippen molar-refractivity contribution in [3.8, 4) is 0 Å². The normalized spacial score (nSPS) is 11.2. The average molecular weight is 314 g/mol. The van der Waals surface area contributed by atoms with Crippen LogP contribution in [0.3, 0.4) is 0 Å². The largest absolute Gasteiger partial charge is 0.330 e. The minimum absolute atomic E-state index is 0.298. The van der Waals surface area contributed by atoms with E-state index >= 15 is 0 Å². The number of nitrogens with zero attached hydrogens (tertiary/aromatic N) is 5. The molecule has 0 atom stereocenters. The minimum Gasteiger partial charge on any atom is -0.314 e. The lowest BCUT2D eigenvalue weighted by atomic mass is 10.2. The summed E-state index contributed by atoms with van der Waals surface area (Å²) in [6.45, 7) is 4.85. The van der Waals surface area contributed by atoms with Gasteiger partial charge in [-0.3, -0.25) is 14.3 Å². The number of aromatic amines is 1. The van der Waals surface area contributed by atoms with Crippen LogP contribution in [0, 0.1) is 0 Å². The van der Waals surface area contributed by atoms with E-state index in [2.05, 4.69) is 19.9 Å². The highest BCUT2D eigenvalue weighted by Gasteiger charge is 2.16. The maximum absolute atomic E-state index is 12.5. The van der Waals surface area contributed by atoms with Crippen LogP contribution in [0.2, 0.25) is 0 Å². The van der Waals surface area contributed by atoms with Gasteiger partial charge in [0.2, 0.25) is 0 Å². The highest BCUT2D eigenvalue weighted by atomic mass is 16.2. The summed E-state index contributed by atoms with van der Waals surface area (Å²) in [5.74, 6) is 0.708. The van der Waals surface area contributed by atoms with Gasteiger partial charge in [-0.2, -0.15) is 0 Å². The topological polar surface area (TPSA) is 98.5 Å². The molecular weight excluding hydrogens is 296 g/mol. The number of fused-ring (bicyclic) bond motifs is 1. The number of hydrogen-bond donors (Lipinski definition) is 1. The van der Waals surface area contributed by atoms with Crippen LogP contribution in [0.5, 0.6) is 0 Å². The lowest BCUT2D eigenvalue weighted by Gasteiger charge is -2.06. The molecule has 0 aliphatic carbocycles. The van der Waals surface area contributed by atoms with E-state index in [-0.39, 0.29) is 5.56 Å². The van der Waals surface area contributed by atoms with Crippen LogP contribution in [0.1, 0.15) is 31.7 Å². The summed E-state index contributed by atoms with van der Waals surface area (Å²) in [5.41, 5.74) is 0.930. The van der Waals surface area contributed by atoms with Crippen molar-refractivity contribution in [2.45, 2.75) is 39.8 Å². The van der Waals surface area contributed by atoms with Crippen molar-refractivity contribution >= 4 is 11.2 Å². The highest BCUT2D eigenvalue weighted by Crippen LogP contribution is 2.13. The predicted octanol–water partition coefficient (Wildman–Crippen LogP) is 0.697. The van der Waals surface area contributed by atoms with E-state index < -0.39 is 5.69 Å². The number of hydrogen-bond acceptors (Lipinski definition) is 5. The fourth-order valence-corrected chi connectivity index (χ4v) is 2.67. The zero-order valence-corrected chi connectivity index (χ0v) is 13.1. The SMILES string of the molecule is CCCn1c(=O)[nH]c2c(nc(Cc3cncnc3)n2CC)c1=O. The van der Waals surface area contributed by atoms with Gasteiger partial charge in [0.15, 0.2) is 5.52 Å². The predicted molar refractivity (Wildman–Crippen MR) is 85.4 cm³/mol. The summed E-state index contributed by atoms with van der Waals surface area (Å²) in [6, 6.07) is 0. The summed E-state index contributed by atoms with van der Waals surface area (Å²) in [5, 5.41) is 0. The van der Waals surface area contributed by atoms with E-state index in [4.69, 9.17) is 0 Å². The molecule has 1 N–H and O–H groups in total. The maximum Gasteiger partial charge on any atom is 0.330 e. The van der Waals surface area contributed by atoms with Crippen LogP contribution in [0.15, 0.2) is 28.3 Å². The smallest absolute Gasteiger partial charge is 0.314 e. The molecule has 0 amide bonds. The molecule has 0 unspecified atom stereocenters. The Morgan fingerprint density at radius 1 is 1.13 bits per heavy atom. The first-order valence-electron chi connectivity index (χ1n) is 7.61. The van der Waals surface area contributed by atoms with Gasteiger partial charge in [0.25, 0.3) is 5.56 Å². The van der Waals surface area contributed by atoms with Crippen molar-refractivity contribution in [3.05, 3.63) is 50.9 Å². The number of H-pyrrole nitrogens is 1. The van der Waals surface area contributed by atoms with Gasteiger partial charge in [0, 0.05) is 31.9 Å². The molecule has 0 saturated heterocycles. The van der Waals surface area contributed by atoms with Crippen molar-refractivity contribution in [3.63, 3.8) is 0 Å². The summed E-state index contributed by atoms with van der Waals surface area (Å²) in [7, 11) is 0.